The summed E-state index contributed by atoms with van der Waals surface area (Å²) in [5.41, 5.74) is 0. The molecular formula is C3H5F3N. The first kappa shape index (κ1) is 6.75. The summed E-state index contributed by atoms with van der Waals surface area (Å²) < 4.78 is 33.6. The average Bonchev–Trinajstić information content (AvgIpc) is 1.68. The zero-order chi connectivity index (χ0) is 5.91. The van der Waals surface area contributed by atoms with Gasteiger partial charge >= 0.3 is 6.05 Å². The molecule has 0 amide bonds. The van der Waals surface area contributed by atoms with E-state index >= 15 is 0 Å². The maximum atomic E-state index is 11.3. The van der Waals surface area contributed by atoms with Crippen molar-refractivity contribution < 1.29 is 13.2 Å². The minimum Gasteiger partial charge on any atom is -0.255 e. The molecule has 0 fully saturated rings. The van der Waals surface area contributed by atoms with Gasteiger partial charge in [-0.1, -0.05) is 0 Å². The van der Waals surface area contributed by atoms with Crippen molar-refractivity contribution in [3.05, 3.63) is 7.05 Å². The number of hydrogen-bond acceptors (Lipinski definition) is 1. The Morgan fingerprint density at radius 1 is 1.57 bits per heavy atom. The summed E-state index contributed by atoms with van der Waals surface area (Å²) in [6, 6.07) is -3.44. The van der Waals surface area contributed by atoms with Gasteiger partial charge in [-0.25, -0.2) is 4.39 Å². The second-order valence-corrected chi connectivity index (χ2v) is 1.01. The van der Waals surface area contributed by atoms with Crippen molar-refractivity contribution >= 4 is 0 Å². The molecule has 0 atom stereocenters. The first-order valence-corrected chi connectivity index (χ1v) is 1.60. The summed E-state index contributed by atoms with van der Waals surface area (Å²) in [6.45, 7) is -1.71. The summed E-state index contributed by atoms with van der Waals surface area (Å²) in [7, 11) is 2.59. The first-order chi connectivity index (χ1) is 3.12. The van der Waals surface area contributed by atoms with Crippen molar-refractivity contribution in [3.63, 3.8) is 0 Å². The Bertz CT molecular complexity index is 48.1. The Morgan fingerprint density at radius 2 is 2.00 bits per heavy atom. The summed E-state index contributed by atoms with van der Waals surface area (Å²) in [5, 5.41) is 1.23. The van der Waals surface area contributed by atoms with Crippen molar-refractivity contribution in [1.82, 2.24) is 5.32 Å². The highest BCUT2D eigenvalue weighted by atomic mass is 19.3. The molecule has 0 aromatic heterocycles. The topological polar surface area (TPSA) is 12.0 Å². The summed E-state index contributed by atoms with van der Waals surface area (Å²) in [6.07, 6.45) is 0. The molecule has 0 bridgehead atoms. The lowest BCUT2D eigenvalue weighted by molar-refractivity contribution is -0.0434. The van der Waals surface area contributed by atoms with Crippen LogP contribution in [0, 0.1) is 7.05 Å². The molecule has 7 heavy (non-hydrogen) atoms. The van der Waals surface area contributed by atoms with Gasteiger partial charge in [0.25, 0.3) is 0 Å². The zero-order valence-electron chi connectivity index (χ0n) is 3.55. The van der Waals surface area contributed by atoms with E-state index in [1.54, 1.807) is 0 Å². The van der Waals surface area contributed by atoms with E-state index in [0.717, 1.165) is 0 Å². The Kier molecular flexibility index (Phi) is 2.08. The quantitative estimate of drug-likeness (QED) is 0.524. The van der Waals surface area contributed by atoms with Gasteiger partial charge in [-0.15, -0.1) is 0 Å². The van der Waals surface area contributed by atoms with Crippen LogP contribution in [0.1, 0.15) is 0 Å². The van der Waals surface area contributed by atoms with Crippen molar-refractivity contribution in [2.75, 3.05) is 6.67 Å². The van der Waals surface area contributed by atoms with E-state index in [9.17, 15) is 13.2 Å². The molecule has 0 spiro atoms. The highest BCUT2D eigenvalue weighted by Gasteiger charge is 2.24. The average molecular weight is 112 g/mol. The van der Waals surface area contributed by atoms with E-state index in [1.807, 2.05) is 0 Å². The molecule has 0 heterocycles. The van der Waals surface area contributed by atoms with E-state index in [4.69, 9.17) is 0 Å². The molecule has 0 saturated carbocycles. The predicted octanol–water partition coefficient (Wildman–Crippen LogP) is 0.930. The van der Waals surface area contributed by atoms with E-state index in [1.165, 1.54) is 5.32 Å². The van der Waals surface area contributed by atoms with Crippen molar-refractivity contribution in [1.29, 1.82) is 0 Å². The number of nitrogens with one attached hydrogen (secondary N) is 1. The SMILES string of the molecule is [CH2]NC(F)(F)CF. The second kappa shape index (κ2) is 2.16. The molecule has 0 aliphatic carbocycles. The van der Waals surface area contributed by atoms with Crippen molar-refractivity contribution in [2.45, 2.75) is 6.05 Å². The molecule has 0 saturated heterocycles. The molecule has 1 N–H and O–H groups in total. The molecule has 4 heteroatoms. The number of hydrogen-bond donors (Lipinski definition) is 1. The molecule has 0 rings (SSSR count). The van der Waals surface area contributed by atoms with Crippen LogP contribution >= 0.6 is 0 Å². The van der Waals surface area contributed by atoms with Crippen LogP contribution in [0.15, 0.2) is 0 Å². The summed E-state index contributed by atoms with van der Waals surface area (Å²) in [5.74, 6) is 0. The van der Waals surface area contributed by atoms with Crippen LogP contribution in [-0.4, -0.2) is 12.7 Å². The minimum absolute atomic E-state index is 1.23. The minimum atomic E-state index is -3.44. The maximum Gasteiger partial charge on any atom is 0.330 e. The molecule has 0 unspecified atom stereocenters. The molecule has 0 aromatic rings. The maximum absolute atomic E-state index is 11.3. The second-order valence-electron chi connectivity index (χ2n) is 1.01. The Morgan fingerprint density at radius 3 is 2.00 bits per heavy atom. The highest BCUT2D eigenvalue weighted by molar-refractivity contribution is 4.57. The lowest BCUT2D eigenvalue weighted by Gasteiger charge is -2.07. The monoisotopic (exact) mass is 112 g/mol. The Balaban J connectivity index is 3.36. The number of alkyl halides is 3. The van der Waals surface area contributed by atoms with Gasteiger partial charge in [-0.05, 0) is 0 Å². The van der Waals surface area contributed by atoms with Crippen molar-refractivity contribution in [3.8, 4) is 0 Å². The van der Waals surface area contributed by atoms with Crippen LogP contribution in [0.2, 0.25) is 0 Å². The number of halogens is 3. The van der Waals surface area contributed by atoms with Crippen LogP contribution in [-0.2, 0) is 0 Å². The Hall–Kier alpha value is -0.250. The summed E-state index contributed by atoms with van der Waals surface area (Å²) >= 11 is 0. The van der Waals surface area contributed by atoms with E-state index in [2.05, 4.69) is 7.05 Å². The fraction of sp³-hybridized carbons (Fsp3) is 0.667. The zero-order valence-corrected chi connectivity index (χ0v) is 3.55. The first-order valence-electron chi connectivity index (χ1n) is 1.60. The van der Waals surface area contributed by atoms with Gasteiger partial charge in [0, 0.05) is 7.05 Å². The van der Waals surface area contributed by atoms with Crippen LogP contribution in [0.5, 0.6) is 0 Å². The van der Waals surface area contributed by atoms with Crippen molar-refractivity contribution in [2.24, 2.45) is 0 Å². The molecule has 0 aliphatic rings. The van der Waals surface area contributed by atoms with Gasteiger partial charge in [0.1, 0.15) is 0 Å². The largest absolute Gasteiger partial charge is 0.330 e. The van der Waals surface area contributed by atoms with Gasteiger partial charge in [-0.3, -0.25) is 5.32 Å². The fourth-order valence-corrected chi connectivity index (χ4v) is 0.0472. The number of rotatable bonds is 2. The van der Waals surface area contributed by atoms with Gasteiger partial charge in [0.2, 0.25) is 0 Å². The standard InChI is InChI=1S/C3H5F3N/c1-7-3(5,6)2-4/h7H,1-2H2. The molecule has 0 aliphatic heterocycles. The van der Waals surface area contributed by atoms with Crippen LogP contribution in [0.25, 0.3) is 0 Å². The predicted molar refractivity (Wildman–Crippen MR) is 19.4 cm³/mol. The third kappa shape index (κ3) is 2.45. The smallest absolute Gasteiger partial charge is 0.255 e. The van der Waals surface area contributed by atoms with Gasteiger partial charge < -0.3 is 0 Å². The fourth-order valence-electron chi connectivity index (χ4n) is 0.0472. The molecule has 1 nitrogen and oxygen atoms in total. The Labute approximate surface area is 39.5 Å². The van der Waals surface area contributed by atoms with E-state index in [0.29, 0.717) is 0 Å². The molecule has 1 radical (unpaired) electrons. The molecular weight excluding hydrogens is 107 g/mol. The third-order valence-electron chi connectivity index (χ3n) is 0.426. The van der Waals surface area contributed by atoms with Crippen LogP contribution in [0.3, 0.4) is 0 Å². The normalized spacial score (nSPS) is 12.0. The summed E-state index contributed by atoms with van der Waals surface area (Å²) in [4.78, 5) is 0. The lowest BCUT2D eigenvalue weighted by Crippen LogP contribution is -2.33. The van der Waals surface area contributed by atoms with Gasteiger partial charge in [0.15, 0.2) is 6.67 Å². The molecule has 0 aromatic carbocycles. The van der Waals surface area contributed by atoms with Gasteiger partial charge in [-0.2, -0.15) is 8.78 Å². The molecule has 43 valence electrons. The van der Waals surface area contributed by atoms with Crippen LogP contribution in [0.4, 0.5) is 13.2 Å². The van der Waals surface area contributed by atoms with E-state index < -0.39 is 12.7 Å². The lowest BCUT2D eigenvalue weighted by atomic mass is 10.6. The highest BCUT2D eigenvalue weighted by Crippen LogP contribution is 2.06. The van der Waals surface area contributed by atoms with Crippen LogP contribution < -0.4 is 5.32 Å². The van der Waals surface area contributed by atoms with E-state index in [-0.39, 0.29) is 0 Å². The van der Waals surface area contributed by atoms with Gasteiger partial charge in [0.05, 0.1) is 0 Å². The third-order valence-corrected chi connectivity index (χ3v) is 0.426.